The summed E-state index contributed by atoms with van der Waals surface area (Å²) < 4.78 is 5.25. The number of para-hydroxylation sites is 1. The maximum absolute atomic E-state index is 5.76. The molecule has 2 N–H and O–H groups in total. The highest BCUT2D eigenvalue weighted by Crippen LogP contribution is 2.30. The Morgan fingerprint density at radius 3 is 2.86 bits per heavy atom. The van der Waals surface area contributed by atoms with Gasteiger partial charge in [-0.2, -0.15) is 0 Å². The normalized spacial score (nSPS) is 10.4. The number of hydrogen-bond acceptors (Lipinski definition) is 3. The van der Waals surface area contributed by atoms with Crippen molar-refractivity contribution in [2.45, 2.75) is 6.92 Å². The molecule has 0 saturated carbocycles. The number of aromatic nitrogens is 1. The third-order valence-electron chi connectivity index (χ3n) is 2.28. The second kappa shape index (κ2) is 3.18. The van der Waals surface area contributed by atoms with Gasteiger partial charge in [-0.05, 0) is 18.6 Å². The second-order valence-electron chi connectivity index (χ2n) is 3.22. The van der Waals surface area contributed by atoms with Gasteiger partial charge in [-0.3, -0.25) is 4.98 Å². The van der Waals surface area contributed by atoms with Crippen LogP contribution < -0.4 is 10.5 Å². The molecule has 0 radical (unpaired) electrons. The molecule has 0 atom stereocenters. The Hall–Kier alpha value is -1.77. The molecule has 1 aromatic heterocycles. The van der Waals surface area contributed by atoms with Crippen LogP contribution in [0.25, 0.3) is 10.9 Å². The Bertz CT molecular complexity index is 480. The Balaban J connectivity index is 2.88. The number of benzene rings is 1. The minimum absolute atomic E-state index is 0.575. The molecule has 0 aliphatic carbocycles. The van der Waals surface area contributed by atoms with Crippen molar-refractivity contribution in [2.75, 3.05) is 12.8 Å². The maximum atomic E-state index is 5.76. The number of anilines is 1. The topological polar surface area (TPSA) is 48.1 Å². The van der Waals surface area contributed by atoms with Gasteiger partial charge in [-0.25, -0.2) is 0 Å². The number of hydrogen-bond donors (Lipinski definition) is 1. The fourth-order valence-corrected chi connectivity index (χ4v) is 1.59. The minimum Gasteiger partial charge on any atom is -0.494 e. The van der Waals surface area contributed by atoms with Crippen molar-refractivity contribution in [2.24, 2.45) is 0 Å². The molecule has 3 nitrogen and oxygen atoms in total. The summed E-state index contributed by atoms with van der Waals surface area (Å²) in [6.07, 6.45) is 1.63. The van der Waals surface area contributed by atoms with E-state index in [4.69, 9.17) is 10.5 Å². The lowest BCUT2D eigenvalue weighted by atomic mass is 10.1. The summed E-state index contributed by atoms with van der Waals surface area (Å²) in [5.74, 6) is 0.707. The number of fused-ring (bicyclic) bond motifs is 1. The quantitative estimate of drug-likeness (QED) is 0.745. The van der Waals surface area contributed by atoms with Crippen LogP contribution in [-0.4, -0.2) is 12.1 Å². The molecule has 3 heteroatoms. The van der Waals surface area contributed by atoms with E-state index in [1.54, 1.807) is 13.3 Å². The SMILES string of the molecule is COc1c(N)cnc2c(C)cccc12. The highest BCUT2D eigenvalue weighted by molar-refractivity contribution is 5.91. The molecule has 0 saturated heterocycles. The van der Waals surface area contributed by atoms with Crippen molar-refractivity contribution in [1.29, 1.82) is 0 Å². The van der Waals surface area contributed by atoms with Crippen LogP contribution >= 0.6 is 0 Å². The van der Waals surface area contributed by atoms with Crippen LogP contribution in [0.15, 0.2) is 24.4 Å². The van der Waals surface area contributed by atoms with Crippen molar-refractivity contribution < 1.29 is 4.74 Å². The van der Waals surface area contributed by atoms with E-state index in [9.17, 15) is 0 Å². The van der Waals surface area contributed by atoms with E-state index in [1.165, 1.54) is 0 Å². The van der Waals surface area contributed by atoms with Gasteiger partial charge in [0.2, 0.25) is 0 Å². The van der Waals surface area contributed by atoms with Crippen molar-refractivity contribution >= 4 is 16.6 Å². The van der Waals surface area contributed by atoms with Gasteiger partial charge in [-0.1, -0.05) is 12.1 Å². The number of aryl methyl sites for hydroxylation is 1. The number of pyridine rings is 1. The molecule has 0 bridgehead atoms. The summed E-state index contributed by atoms with van der Waals surface area (Å²) in [7, 11) is 1.62. The number of nitrogens with zero attached hydrogens (tertiary/aromatic N) is 1. The lowest BCUT2D eigenvalue weighted by molar-refractivity contribution is 0.421. The monoisotopic (exact) mass is 188 g/mol. The van der Waals surface area contributed by atoms with Gasteiger partial charge < -0.3 is 10.5 Å². The summed E-state index contributed by atoms with van der Waals surface area (Å²) in [6, 6.07) is 5.96. The molecule has 1 aromatic carbocycles. The molecule has 2 rings (SSSR count). The van der Waals surface area contributed by atoms with Crippen molar-refractivity contribution in [3.8, 4) is 5.75 Å². The molecule has 0 amide bonds. The first-order valence-corrected chi connectivity index (χ1v) is 4.42. The number of rotatable bonds is 1. The van der Waals surface area contributed by atoms with E-state index < -0.39 is 0 Å². The predicted molar refractivity (Wildman–Crippen MR) is 57.4 cm³/mol. The third-order valence-corrected chi connectivity index (χ3v) is 2.28. The van der Waals surface area contributed by atoms with Gasteiger partial charge in [0, 0.05) is 5.39 Å². The van der Waals surface area contributed by atoms with E-state index in [0.29, 0.717) is 11.4 Å². The Kier molecular flexibility index (Phi) is 2.00. The lowest BCUT2D eigenvalue weighted by Crippen LogP contribution is -1.95. The molecule has 0 unspecified atom stereocenters. The van der Waals surface area contributed by atoms with Crippen molar-refractivity contribution in [3.63, 3.8) is 0 Å². The number of methoxy groups -OCH3 is 1. The Morgan fingerprint density at radius 2 is 2.14 bits per heavy atom. The molecule has 2 aromatic rings. The number of ether oxygens (including phenoxy) is 1. The molecular weight excluding hydrogens is 176 g/mol. The van der Waals surface area contributed by atoms with E-state index in [0.717, 1.165) is 16.5 Å². The molecule has 0 spiro atoms. The van der Waals surface area contributed by atoms with Crippen LogP contribution in [0.3, 0.4) is 0 Å². The van der Waals surface area contributed by atoms with Crippen molar-refractivity contribution in [1.82, 2.24) is 4.98 Å². The standard InChI is InChI=1S/C11H12N2O/c1-7-4-3-5-8-10(7)13-6-9(12)11(8)14-2/h3-6H,12H2,1-2H3. The van der Waals surface area contributed by atoms with Gasteiger partial charge in [0.15, 0.2) is 5.75 Å². The third kappa shape index (κ3) is 1.18. The highest BCUT2D eigenvalue weighted by Gasteiger charge is 2.07. The first-order chi connectivity index (χ1) is 6.74. The van der Waals surface area contributed by atoms with E-state index in [2.05, 4.69) is 4.98 Å². The largest absolute Gasteiger partial charge is 0.494 e. The zero-order valence-electron chi connectivity index (χ0n) is 8.24. The smallest absolute Gasteiger partial charge is 0.152 e. The van der Waals surface area contributed by atoms with E-state index in [1.807, 2.05) is 25.1 Å². The fraction of sp³-hybridized carbons (Fsp3) is 0.182. The summed E-state index contributed by atoms with van der Waals surface area (Å²) in [5.41, 5.74) is 8.40. The van der Waals surface area contributed by atoms with Crippen LogP contribution in [0.2, 0.25) is 0 Å². The molecule has 14 heavy (non-hydrogen) atoms. The van der Waals surface area contributed by atoms with Gasteiger partial charge in [-0.15, -0.1) is 0 Å². The van der Waals surface area contributed by atoms with Gasteiger partial charge in [0.05, 0.1) is 24.5 Å². The predicted octanol–water partition coefficient (Wildman–Crippen LogP) is 2.13. The van der Waals surface area contributed by atoms with Crippen LogP contribution in [-0.2, 0) is 0 Å². The maximum Gasteiger partial charge on any atom is 0.152 e. The zero-order chi connectivity index (χ0) is 10.1. The van der Waals surface area contributed by atoms with Crippen LogP contribution in [0.4, 0.5) is 5.69 Å². The minimum atomic E-state index is 0.575. The molecule has 72 valence electrons. The van der Waals surface area contributed by atoms with Gasteiger partial charge >= 0.3 is 0 Å². The van der Waals surface area contributed by atoms with Crippen LogP contribution in [0, 0.1) is 6.92 Å². The summed E-state index contributed by atoms with van der Waals surface area (Å²) in [6.45, 7) is 2.02. The zero-order valence-corrected chi connectivity index (χ0v) is 8.24. The summed E-state index contributed by atoms with van der Waals surface area (Å²) in [4.78, 5) is 4.28. The number of nitrogens with two attached hydrogens (primary N) is 1. The summed E-state index contributed by atoms with van der Waals surface area (Å²) >= 11 is 0. The molecule has 1 heterocycles. The lowest BCUT2D eigenvalue weighted by Gasteiger charge is -2.08. The average Bonchev–Trinajstić information content (AvgIpc) is 2.18. The van der Waals surface area contributed by atoms with Gasteiger partial charge in [0.25, 0.3) is 0 Å². The van der Waals surface area contributed by atoms with Crippen molar-refractivity contribution in [3.05, 3.63) is 30.0 Å². The average molecular weight is 188 g/mol. The van der Waals surface area contributed by atoms with E-state index >= 15 is 0 Å². The van der Waals surface area contributed by atoms with Gasteiger partial charge in [0.1, 0.15) is 0 Å². The molecule has 0 fully saturated rings. The highest BCUT2D eigenvalue weighted by atomic mass is 16.5. The number of nitrogen functional groups attached to an aromatic ring is 1. The Morgan fingerprint density at radius 1 is 1.36 bits per heavy atom. The summed E-state index contributed by atoms with van der Waals surface area (Å²) in [5, 5.41) is 0.965. The first-order valence-electron chi connectivity index (χ1n) is 4.42. The van der Waals surface area contributed by atoms with Crippen LogP contribution in [0.1, 0.15) is 5.56 Å². The molecular formula is C11H12N2O. The van der Waals surface area contributed by atoms with E-state index in [-0.39, 0.29) is 0 Å². The fourth-order valence-electron chi connectivity index (χ4n) is 1.59. The molecule has 0 aliphatic heterocycles. The second-order valence-corrected chi connectivity index (χ2v) is 3.22. The molecule has 0 aliphatic rings. The Labute approximate surface area is 82.5 Å². The van der Waals surface area contributed by atoms with Crippen LogP contribution in [0.5, 0.6) is 5.75 Å². The first kappa shape index (κ1) is 8.81.